The highest BCUT2D eigenvalue weighted by molar-refractivity contribution is 6.14. The van der Waals surface area contributed by atoms with Crippen molar-refractivity contribution in [3.05, 3.63) is 92.7 Å². The van der Waals surface area contributed by atoms with Gasteiger partial charge in [0.1, 0.15) is 0 Å². The molecule has 5 rings (SSSR count). The van der Waals surface area contributed by atoms with Crippen LogP contribution in [0.3, 0.4) is 0 Å². The molecule has 42 heavy (non-hydrogen) atoms. The summed E-state index contributed by atoms with van der Waals surface area (Å²) in [7, 11) is 0. The van der Waals surface area contributed by atoms with Gasteiger partial charge in [0.2, 0.25) is 0 Å². The number of H-pyrrole nitrogens is 1. The Labute approximate surface area is 245 Å². The van der Waals surface area contributed by atoms with Crippen LogP contribution in [0.15, 0.2) is 80.9 Å². The number of aliphatic carboxylic acids is 2. The first kappa shape index (κ1) is 29.0. The molecule has 8 heteroatoms. The van der Waals surface area contributed by atoms with Crippen molar-refractivity contribution >= 4 is 35.5 Å². The van der Waals surface area contributed by atoms with Gasteiger partial charge < -0.3 is 20.5 Å². The van der Waals surface area contributed by atoms with Crippen LogP contribution in [0.2, 0.25) is 0 Å². The van der Waals surface area contributed by atoms with Crippen LogP contribution in [-0.4, -0.2) is 38.6 Å². The molecule has 0 spiro atoms. The number of hydrogen-bond acceptors (Lipinski definition) is 5. The second kappa shape index (κ2) is 11.4. The summed E-state index contributed by atoms with van der Waals surface area (Å²) in [6, 6.07) is 0. The van der Waals surface area contributed by atoms with Gasteiger partial charge in [0.05, 0.1) is 17.1 Å². The van der Waals surface area contributed by atoms with Crippen LogP contribution in [-0.2, 0) is 16.0 Å². The number of nitrogens with one attached hydrogen (secondary N) is 2. The fourth-order valence-corrected chi connectivity index (χ4v) is 6.39. The quantitative estimate of drug-likeness (QED) is 0.342. The van der Waals surface area contributed by atoms with Gasteiger partial charge in [0, 0.05) is 64.8 Å². The van der Waals surface area contributed by atoms with Crippen LogP contribution in [0.1, 0.15) is 57.6 Å². The minimum Gasteiger partial charge on any atom is -0.481 e. The zero-order valence-electron chi connectivity index (χ0n) is 24.7. The van der Waals surface area contributed by atoms with E-state index in [4.69, 9.17) is 9.98 Å². The van der Waals surface area contributed by atoms with E-state index in [-0.39, 0.29) is 30.6 Å². The smallest absolute Gasteiger partial charge is 0.303 e. The van der Waals surface area contributed by atoms with Gasteiger partial charge in [-0.15, -0.1) is 6.58 Å². The van der Waals surface area contributed by atoms with Crippen LogP contribution in [0.4, 0.5) is 0 Å². The zero-order chi connectivity index (χ0) is 30.3. The van der Waals surface area contributed by atoms with Crippen LogP contribution in [0, 0.1) is 24.7 Å². The van der Waals surface area contributed by atoms with E-state index in [1.807, 2.05) is 25.2 Å². The molecule has 3 unspecified atom stereocenters. The number of carboxylic acid groups (broad SMARTS) is 2. The van der Waals surface area contributed by atoms with Crippen molar-refractivity contribution in [3.63, 3.8) is 0 Å². The highest BCUT2D eigenvalue weighted by atomic mass is 16.4. The highest BCUT2D eigenvalue weighted by Crippen LogP contribution is 2.38. The molecule has 0 fully saturated rings. The number of aliphatic imine (C=N–C) groups is 2. The fraction of sp³-hybridized carbons (Fsp3) is 0.353. The van der Waals surface area contributed by atoms with Gasteiger partial charge in [-0.25, -0.2) is 0 Å². The number of hydrogen-bond donors (Lipinski definition) is 4. The van der Waals surface area contributed by atoms with Gasteiger partial charge in [-0.05, 0) is 72.8 Å². The molecular weight excluding hydrogens is 528 g/mol. The molecular formula is C34H38N4O4. The van der Waals surface area contributed by atoms with E-state index < -0.39 is 11.9 Å². The number of nitrogens with zero attached hydrogens (tertiary/aromatic N) is 2. The molecule has 1 aromatic rings. The summed E-state index contributed by atoms with van der Waals surface area (Å²) in [6.45, 7) is 16.5. The molecule has 0 saturated heterocycles. The maximum Gasteiger partial charge on any atom is 0.303 e. The van der Waals surface area contributed by atoms with E-state index in [9.17, 15) is 19.8 Å². The lowest BCUT2D eigenvalue weighted by Gasteiger charge is -2.13. The van der Waals surface area contributed by atoms with Crippen molar-refractivity contribution < 1.29 is 19.8 Å². The summed E-state index contributed by atoms with van der Waals surface area (Å²) in [4.78, 5) is 36.7. The fourth-order valence-electron chi connectivity index (χ4n) is 6.39. The maximum absolute atomic E-state index is 11.5. The first-order valence-corrected chi connectivity index (χ1v) is 14.4. The number of carboxylic acids is 2. The first-order valence-electron chi connectivity index (χ1n) is 14.4. The molecule has 8 bridgehead atoms. The van der Waals surface area contributed by atoms with Crippen molar-refractivity contribution in [1.82, 2.24) is 10.3 Å². The third kappa shape index (κ3) is 5.29. The molecule has 1 aromatic heterocycles. The predicted octanol–water partition coefficient (Wildman–Crippen LogP) is 4.61. The number of carbonyl (C=O) groups is 2. The lowest BCUT2D eigenvalue weighted by molar-refractivity contribution is -0.138. The Bertz CT molecular complexity index is 1720. The summed E-state index contributed by atoms with van der Waals surface area (Å²) in [5.41, 5.74) is 10.6. The van der Waals surface area contributed by atoms with Crippen molar-refractivity contribution in [2.24, 2.45) is 27.7 Å². The molecule has 0 aromatic carbocycles. The molecule has 4 aliphatic rings. The lowest BCUT2D eigenvalue weighted by atomic mass is 9.91. The Hall–Kier alpha value is -4.46. The minimum absolute atomic E-state index is 0.00137. The van der Waals surface area contributed by atoms with Crippen molar-refractivity contribution in [2.75, 3.05) is 0 Å². The number of allylic oxidation sites excluding steroid dienone is 6. The molecule has 8 nitrogen and oxygen atoms in total. The summed E-state index contributed by atoms with van der Waals surface area (Å²) < 4.78 is 0. The largest absolute Gasteiger partial charge is 0.481 e. The predicted molar refractivity (Wildman–Crippen MR) is 166 cm³/mol. The standard InChI is InChI=1S/C34H38N4O4/c1-7-21-17(3)25-13-26-19(5)23(9-11-33(39)40)31(37-26)16-32-24(10-12-34(41)42)20(6)28(38-32)15-30-22(8-2)18(4)27(36-30)14-29(21)35-25/h7-8,13,15-17,20,22,36-37H,1-2,9-12,14H2,3-6H3,(H,39,40)(H,41,42). The second-order valence-corrected chi connectivity index (χ2v) is 11.4. The van der Waals surface area contributed by atoms with Gasteiger partial charge in [0.15, 0.2) is 0 Å². The zero-order valence-corrected chi connectivity index (χ0v) is 24.7. The highest BCUT2D eigenvalue weighted by Gasteiger charge is 2.31. The van der Waals surface area contributed by atoms with Gasteiger partial charge in [-0.1, -0.05) is 32.6 Å². The molecule has 0 radical (unpaired) electrons. The van der Waals surface area contributed by atoms with Crippen LogP contribution in [0.5, 0.6) is 0 Å². The Morgan fingerprint density at radius 1 is 0.976 bits per heavy atom. The van der Waals surface area contributed by atoms with Crippen LogP contribution >= 0.6 is 0 Å². The maximum atomic E-state index is 11.5. The van der Waals surface area contributed by atoms with Crippen LogP contribution in [0.25, 0.3) is 12.2 Å². The number of rotatable bonds is 8. The van der Waals surface area contributed by atoms with Crippen molar-refractivity contribution in [3.8, 4) is 0 Å². The number of aromatic amines is 1. The van der Waals surface area contributed by atoms with Gasteiger partial charge >= 0.3 is 11.9 Å². The molecule has 0 aliphatic carbocycles. The minimum atomic E-state index is -0.865. The Kier molecular flexibility index (Phi) is 7.91. The third-order valence-electron chi connectivity index (χ3n) is 8.95. The SMILES string of the molecule is C=CC1=C2CC3=C(C)C(C=C)C(=CC4=NC(=C(CCC(=O)O)C4C)C=c4[nH]c(c(C)c4CCC(=O)O)=CC(=N2)C1C)N3. The lowest BCUT2D eigenvalue weighted by Crippen LogP contribution is -2.16. The molecule has 4 aliphatic heterocycles. The molecule has 0 saturated carbocycles. The van der Waals surface area contributed by atoms with E-state index >= 15 is 0 Å². The monoisotopic (exact) mass is 566 g/mol. The molecule has 4 N–H and O–H groups in total. The van der Waals surface area contributed by atoms with E-state index in [0.717, 1.165) is 67.2 Å². The normalized spacial score (nSPS) is 23.1. The van der Waals surface area contributed by atoms with Crippen molar-refractivity contribution in [2.45, 2.75) is 59.8 Å². The Morgan fingerprint density at radius 3 is 2.33 bits per heavy atom. The van der Waals surface area contributed by atoms with Gasteiger partial charge in [0.25, 0.3) is 0 Å². The first-order chi connectivity index (χ1) is 20.0. The van der Waals surface area contributed by atoms with E-state index in [1.165, 1.54) is 5.57 Å². The molecule has 3 atom stereocenters. The van der Waals surface area contributed by atoms with Gasteiger partial charge in [-0.2, -0.15) is 0 Å². The summed E-state index contributed by atoms with van der Waals surface area (Å²) in [5.74, 6) is -1.77. The average Bonchev–Trinajstić information content (AvgIpc) is 3.59. The average molecular weight is 567 g/mol. The van der Waals surface area contributed by atoms with Crippen LogP contribution < -0.4 is 16.0 Å². The number of fused-ring (bicyclic) bond motifs is 6. The third-order valence-corrected chi connectivity index (χ3v) is 8.95. The number of aromatic nitrogens is 1. The topological polar surface area (TPSA) is 127 Å². The Morgan fingerprint density at radius 2 is 1.67 bits per heavy atom. The van der Waals surface area contributed by atoms with Crippen molar-refractivity contribution in [1.29, 1.82) is 0 Å². The molecule has 0 amide bonds. The van der Waals surface area contributed by atoms with E-state index in [2.05, 4.69) is 56.4 Å². The van der Waals surface area contributed by atoms with E-state index in [1.54, 1.807) is 0 Å². The Balaban J connectivity index is 1.77. The summed E-state index contributed by atoms with van der Waals surface area (Å²) in [5, 5.41) is 24.2. The second-order valence-electron chi connectivity index (χ2n) is 11.4. The van der Waals surface area contributed by atoms with E-state index in [0.29, 0.717) is 19.3 Å². The van der Waals surface area contributed by atoms with Gasteiger partial charge in [-0.3, -0.25) is 19.6 Å². The summed E-state index contributed by atoms with van der Waals surface area (Å²) >= 11 is 0. The molecule has 5 heterocycles. The molecule has 218 valence electrons. The summed E-state index contributed by atoms with van der Waals surface area (Å²) in [6.07, 6.45) is 11.2.